The number of halogens is 1. The minimum absolute atomic E-state index is 0.384. The van der Waals surface area contributed by atoms with Gasteiger partial charge in [0.25, 0.3) is 0 Å². The molecule has 1 aromatic carbocycles. The predicted octanol–water partition coefficient (Wildman–Crippen LogP) is 2.52. The molecule has 0 radical (unpaired) electrons. The maximum absolute atomic E-state index is 5.71. The molecule has 0 saturated heterocycles. The lowest BCUT2D eigenvalue weighted by Gasteiger charge is -1.96. The zero-order chi connectivity index (χ0) is 11.1. The maximum Gasteiger partial charge on any atom is 0.153 e. The summed E-state index contributed by atoms with van der Waals surface area (Å²) in [6.45, 7) is 1.82. The van der Waals surface area contributed by atoms with Crippen LogP contribution in [0.15, 0.2) is 51.6 Å². The molecule has 2 N–H and O–H groups in total. The first-order valence-electron chi connectivity index (χ1n) is 4.43. The van der Waals surface area contributed by atoms with Gasteiger partial charge in [-0.25, -0.2) is 0 Å². The van der Waals surface area contributed by atoms with Gasteiger partial charge in [-0.2, -0.15) is 5.10 Å². The summed E-state index contributed by atoms with van der Waals surface area (Å²) in [5, 5.41) is 7.65. The molecule has 0 fully saturated rings. The van der Waals surface area contributed by atoms with Gasteiger partial charge in [0, 0.05) is 11.1 Å². The monoisotopic (exact) mass is 221 g/mol. The highest BCUT2D eigenvalue weighted by atomic mass is 35.5. The van der Waals surface area contributed by atoms with E-state index in [1.807, 2.05) is 37.3 Å². The van der Waals surface area contributed by atoms with E-state index in [9.17, 15) is 0 Å². The average molecular weight is 222 g/mol. The quantitative estimate of drug-likeness (QED) is 0.476. The number of nitrogens with zero attached hydrogens (tertiary/aromatic N) is 2. The fourth-order valence-corrected chi connectivity index (χ4v) is 0.933. The van der Waals surface area contributed by atoms with Gasteiger partial charge < -0.3 is 5.73 Å². The molecule has 0 bridgehead atoms. The minimum atomic E-state index is 0.384. The van der Waals surface area contributed by atoms with Crippen LogP contribution < -0.4 is 5.73 Å². The number of allylic oxidation sites excluding steroid dienone is 1. The van der Waals surface area contributed by atoms with E-state index in [0.29, 0.717) is 5.84 Å². The van der Waals surface area contributed by atoms with Gasteiger partial charge in [-0.3, -0.25) is 0 Å². The Labute approximate surface area is 94.0 Å². The van der Waals surface area contributed by atoms with Crippen LogP contribution in [0, 0.1) is 0 Å². The van der Waals surface area contributed by atoms with Gasteiger partial charge in [0.05, 0.1) is 6.21 Å². The van der Waals surface area contributed by atoms with E-state index in [1.54, 1.807) is 6.21 Å². The van der Waals surface area contributed by atoms with E-state index in [1.165, 1.54) is 5.54 Å². The van der Waals surface area contributed by atoms with Crippen LogP contribution in [0.5, 0.6) is 0 Å². The number of benzene rings is 1. The second-order valence-corrected chi connectivity index (χ2v) is 3.17. The number of hydrogen-bond acceptors (Lipinski definition) is 2. The Morgan fingerprint density at radius 3 is 2.60 bits per heavy atom. The van der Waals surface area contributed by atoms with Crippen LogP contribution in [0.3, 0.4) is 0 Å². The van der Waals surface area contributed by atoms with Crippen molar-refractivity contribution in [1.82, 2.24) is 0 Å². The number of hydrogen-bond donors (Lipinski definition) is 1. The molecule has 78 valence electrons. The highest BCUT2D eigenvalue weighted by molar-refractivity contribution is 6.26. The molecule has 0 spiro atoms. The SMILES string of the molecule is C/C(C=NN=C(N)c1ccccc1)=C/Cl. The van der Waals surface area contributed by atoms with Gasteiger partial charge in [-0.1, -0.05) is 41.9 Å². The molecular weight excluding hydrogens is 210 g/mol. The Bertz CT molecular complexity index is 394. The van der Waals surface area contributed by atoms with E-state index in [0.717, 1.165) is 11.1 Å². The van der Waals surface area contributed by atoms with Crippen molar-refractivity contribution in [2.24, 2.45) is 15.9 Å². The molecule has 0 unspecified atom stereocenters. The van der Waals surface area contributed by atoms with Crippen LogP contribution >= 0.6 is 11.6 Å². The second-order valence-electron chi connectivity index (χ2n) is 2.95. The number of amidine groups is 1. The number of nitrogens with two attached hydrogens (primary N) is 1. The van der Waals surface area contributed by atoms with Gasteiger partial charge in [0.1, 0.15) is 0 Å². The zero-order valence-corrected chi connectivity index (χ0v) is 9.15. The van der Waals surface area contributed by atoms with E-state index in [4.69, 9.17) is 17.3 Å². The van der Waals surface area contributed by atoms with Gasteiger partial charge in [0.2, 0.25) is 0 Å². The van der Waals surface area contributed by atoms with Crippen LogP contribution in [-0.2, 0) is 0 Å². The number of rotatable bonds is 3. The summed E-state index contributed by atoms with van der Waals surface area (Å²) in [6, 6.07) is 9.45. The molecule has 0 saturated carbocycles. The first kappa shape index (κ1) is 11.5. The van der Waals surface area contributed by atoms with Crippen molar-refractivity contribution >= 4 is 23.7 Å². The van der Waals surface area contributed by atoms with E-state index >= 15 is 0 Å². The van der Waals surface area contributed by atoms with E-state index in [-0.39, 0.29) is 0 Å². The molecular formula is C11H12ClN3. The topological polar surface area (TPSA) is 50.7 Å². The van der Waals surface area contributed by atoms with Crippen LogP contribution in [0.25, 0.3) is 0 Å². The summed E-state index contributed by atoms with van der Waals surface area (Å²) in [5.41, 5.74) is 8.80. The Balaban J connectivity index is 2.74. The first-order valence-corrected chi connectivity index (χ1v) is 4.86. The van der Waals surface area contributed by atoms with Crippen LogP contribution in [0.1, 0.15) is 12.5 Å². The summed E-state index contributed by atoms with van der Waals surface area (Å²) in [5.74, 6) is 0.384. The Kier molecular flexibility index (Phi) is 4.57. The summed E-state index contributed by atoms with van der Waals surface area (Å²) < 4.78 is 0. The molecule has 0 heterocycles. The van der Waals surface area contributed by atoms with Crippen molar-refractivity contribution in [3.05, 3.63) is 47.0 Å². The summed E-state index contributed by atoms with van der Waals surface area (Å²) in [6.07, 6.45) is 1.54. The molecule has 0 aromatic heterocycles. The molecule has 1 aromatic rings. The molecule has 0 atom stereocenters. The standard InChI is InChI=1S/C11H12ClN3/c1-9(7-12)8-14-15-11(13)10-5-3-2-4-6-10/h2-8H,1H3,(H2,13,15)/b9-7-,14-8?. The highest BCUT2D eigenvalue weighted by Crippen LogP contribution is 1.98. The lowest BCUT2D eigenvalue weighted by atomic mass is 10.2. The Morgan fingerprint density at radius 2 is 2.00 bits per heavy atom. The molecule has 1 rings (SSSR count). The van der Waals surface area contributed by atoms with Crippen LogP contribution in [-0.4, -0.2) is 12.1 Å². The zero-order valence-electron chi connectivity index (χ0n) is 8.39. The van der Waals surface area contributed by atoms with E-state index < -0.39 is 0 Å². The van der Waals surface area contributed by atoms with Crippen molar-refractivity contribution < 1.29 is 0 Å². The highest BCUT2D eigenvalue weighted by Gasteiger charge is 1.94. The third-order valence-electron chi connectivity index (χ3n) is 1.67. The average Bonchev–Trinajstić information content (AvgIpc) is 2.29. The van der Waals surface area contributed by atoms with Crippen molar-refractivity contribution in [2.45, 2.75) is 6.92 Å². The van der Waals surface area contributed by atoms with Crippen molar-refractivity contribution in [1.29, 1.82) is 0 Å². The fourth-order valence-electron chi connectivity index (χ4n) is 0.877. The van der Waals surface area contributed by atoms with Crippen LogP contribution in [0.2, 0.25) is 0 Å². The molecule has 0 aliphatic carbocycles. The lowest BCUT2D eigenvalue weighted by molar-refractivity contribution is 1.23. The fraction of sp³-hybridized carbons (Fsp3) is 0.0909. The van der Waals surface area contributed by atoms with Crippen molar-refractivity contribution in [3.63, 3.8) is 0 Å². The molecule has 0 aliphatic rings. The third-order valence-corrected chi connectivity index (χ3v) is 2.01. The van der Waals surface area contributed by atoms with Gasteiger partial charge in [-0.15, -0.1) is 5.10 Å². The predicted molar refractivity (Wildman–Crippen MR) is 65.3 cm³/mol. The van der Waals surface area contributed by atoms with Gasteiger partial charge in [0.15, 0.2) is 5.84 Å². The Morgan fingerprint density at radius 1 is 1.33 bits per heavy atom. The summed E-state index contributed by atoms with van der Waals surface area (Å²) in [4.78, 5) is 0. The second kappa shape index (κ2) is 5.98. The molecule has 4 heteroatoms. The minimum Gasteiger partial charge on any atom is -0.382 e. The third kappa shape index (κ3) is 3.95. The van der Waals surface area contributed by atoms with E-state index in [2.05, 4.69) is 10.2 Å². The Hall–Kier alpha value is -1.61. The lowest BCUT2D eigenvalue weighted by Crippen LogP contribution is -2.12. The molecule has 3 nitrogen and oxygen atoms in total. The molecule has 15 heavy (non-hydrogen) atoms. The summed E-state index contributed by atoms with van der Waals surface area (Å²) >= 11 is 5.45. The smallest absolute Gasteiger partial charge is 0.153 e. The van der Waals surface area contributed by atoms with Crippen molar-refractivity contribution in [3.8, 4) is 0 Å². The van der Waals surface area contributed by atoms with Crippen molar-refractivity contribution in [2.75, 3.05) is 0 Å². The van der Waals surface area contributed by atoms with Gasteiger partial charge >= 0.3 is 0 Å². The largest absolute Gasteiger partial charge is 0.382 e. The molecule has 0 aliphatic heterocycles. The van der Waals surface area contributed by atoms with Crippen LogP contribution in [0.4, 0.5) is 0 Å². The van der Waals surface area contributed by atoms with Gasteiger partial charge in [-0.05, 0) is 12.5 Å². The summed E-state index contributed by atoms with van der Waals surface area (Å²) in [7, 11) is 0. The maximum atomic E-state index is 5.71. The molecule has 0 amide bonds. The first-order chi connectivity index (χ1) is 7.24. The normalized spacial score (nSPS) is 13.5.